The number of allylic oxidation sites excluding steroid dienone is 1. The lowest BCUT2D eigenvalue weighted by Crippen LogP contribution is -2.30. The molecule has 1 amide bonds. The van der Waals surface area contributed by atoms with E-state index < -0.39 is 0 Å². The van der Waals surface area contributed by atoms with Crippen molar-refractivity contribution in [2.75, 3.05) is 13.2 Å². The van der Waals surface area contributed by atoms with E-state index in [9.17, 15) is 4.79 Å². The molecule has 1 N–H and O–H groups in total. The number of nitrogens with one attached hydrogen (secondary N) is 1. The maximum absolute atomic E-state index is 11.9. The summed E-state index contributed by atoms with van der Waals surface area (Å²) in [6, 6.07) is 4.11. The Kier molecular flexibility index (Phi) is 6.05. The van der Waals surface area contributed by atoms with Crippen molar-refractivity contribution in [2.24, 2.45) is 0 Å². The summed E-state index contributed by atoms with van der Waals surface area (Å²) in [5, 5.41) is 2.95. The SMILES string of the molecule is Cc1ccc(C)c(OCC(=O)NCCC2=CCCCC2)c1C. The van der Waals surface area contributed by atoms with Crippen LogP contribution in [0.3, 0.4) is 0 Å². The zero-order valence-electron chi connectivity index (χ0n) is 14.0. The Morgan fingerprint density at radius 2 is 1.95 bits per heavy atom. The quantitative estimate of drug-likeness (QED) is 0.807. The number of hydrogen-bond donors (Lipinski definition) is 1. The number of amides is 1. The molecule has 0 aliphatic heterocycles. The minimum Gasteiger partial charge on any atom is -0.483 e. The van der Waals surface area contributed by atoms with Crippen LogP contribution in [0.1, 0.15) is 48.8 Å². The molecular weight excluding hydrogens is 274 g/mol. The molecule has 0 bridgehead atoms. The topological polar surface area (TPSA) is 38.3 Å². The predicted molar refractivity (Wildman–Crippen MR) is 90.3 cm³/mol. The summed E-state index contributed by atoms with van der Waals surface area (Å²) >= 11 is 0. The van der Waals surface area contributed by atoms with Crippen LogP contribution in [0.5, 0.6) is 5.75 Å². The number of carbonyl (C=O) groups is 1. The van der Waals surface area contributed by atoms with E-state index in [1.165, 1.54) is 36.8 Å². The third-order valence-electron chi connectivity index (χ3n) is 4.37. The van der Waals surface area contributed by atoms with Crippen LogP contribution in [0.25, 0.3) is 0 Å². The molecular formula is C19H27NO2. The third-order valence-corrected chi connectivity index (χ3v) is 4.37. The molecule has 0 saturated heterocycles. The second-order valence-electron chi connectivity index (χ2n) is 6.15. The van der Waals surface area contributed by atoms with Gasteiger partial charge in [0.15, 0.2) is 6.61 Å². The van der Waals surface area contributed by atoms with Crippen LogP contribution in [0.4, 0.5) is 0 Å². The Labute approximate surface area is 133 Å². The first kappa shape index (κ1) is 16.6. The Morgan fingerprint density at radius 3 is 2.68 bits per heavy atom. The number of carbonyl (C=O) groups excluding carboxylic acids is 1. The highest BCUT2D eigenvalue weighted by molar-refractivity contribution is 5.77. The Bertz CT molecular complexity index is 561. The standard InChI is InChI=1S/C19H27NO2/c1-14-9-10-15(2)19(16(14)3)22-13-18(21)20-12-11-17-7-5-4-6-8-17/h7,9-10H,4-6,8,11-13H2,1-3H3,(H,20,21). The van der Waals surface area contributed by atoms with Gasteiger partial charge in [-0.1, -0.05) is 23.8 Å². The first-order valence-electron chi connectivity index (χ1n) is 8.22. The van der Waals surface area contributed by atoms with Crippen LogP contribution < -0.4 is 10.1 Å². The van der Waals surface area contributed by atoms with E-state index in [2.05, 4.69) is 24.4 Å². The van der Waals surface area contributed by atoms with Gasteiger partial charge in [0, 0.05) is 6.54 Å². The van der Waals surface area contributed by atoms with Crippen molar-refractivity contribution in [1.82, 2.24) is 5.32 Å². The van der Waals surface area contributed by atoms with E-state index in [-0.39, 0.29) is 12.5 Å². The summed E-state index contributed by atoms with van der Waals surface area (Å²) in [6.07, 6.45) is 8.26. The van der Waals surface area contributed by atoms with Crippen molar-refractivity contribution in [1.29, 1.82) is 0 Å². The lowest BCUT2D eigenvalue weighted by molar-refractivity contribution is -0.123. The van der Waals surface area contributed by atoms with Crippen molar-refractivity contribution in [3.63, 3.8) is 0 Å². The fraction of sp³-hybridized carbons (Fsp3) is 0.526. The molecule has 0 saturated carbocycles. The van der Waals surface area contributed by atoms with E-state index in [0.29, 0.717) is 6.54 Å². The molecule has 0 unspecified atom stereocenters. The number of aryl methyl sites for hydroxylation is 2. The molecule has 0 spiro atoms. The van der Waals surface area contributed by atoms with Gasteiger partial charge in [-0.3, -0.25) is 4.79 Å². The van der Waals surface area contributed by atoms with Crippen molar-refractivity contribution in [3.05, 3.63) is 40.5 Å². The molecule has 0 fully saturated rings. The van der Waals surface area contributed by atoms with Gasteiger partial charge < -0.3 is 10.1 Å². The number of benzene rings is 1. The maximum Gasteiger partial charge on any atom is 0.257 e. The third kappa shape index (κ3) is 4.62. The molecule has 3 heteroatoms. The largest absolute Gasteiger partial charge is 0.483 e. The van der Waals surface area contributed by atoms with E-state index in [1.54, 1.807) is 0 Å². The molecule has 0 radical (unpaired) electrons. The van der Waals surface area contributed by atoms with Gasteiger partial charge >= 0.3 is 0 Å². The molecule has 120 valence electrons. The number of rotatable bonds is 6. The fourth-order valence-corrected chi connectivity index (χ4v) is 2.83. The van der Waals surface area contributed by atoms with Crippen molar-refractivity contribution in [2.45, 2.75) is 52.9 Å². The molecule has 1 aliphatic rings. The van der Waals surface area contributed by atoms with Gasteiger partial charge in [-0.05, 0) is 69.6 Å². The minimum absolute atomic E-state index is 0.0447. The van der Waals surface area contributed by atoms with Gasteiger partial charge in [-0.15, -0.1) is 0 Å². The van der Waals surface area contributed by atoms with E-state index in [4.69, 9.17) is 4.74 Å². The highest BCUT2D eigenvalue weighted by Gasteiger charge is 2.09. The van der Waals surface area contributed by atoms with Gasteiger partial charge in [-0.25, -0.2) is 0 Å². The molecule has 1 aromatic rings. The van der Waals surface area contributed by atoms with Crippen molar-refractivity contribution in [3.8, 4) is 5.75 Å². The smallest absolute Gasteiger partial charge is 0.257 e. The predicted octanol–water partition coefficient (Wildman–Crippen LogP) is 4.00. The van der Waals surface area contributed by atoms with Gasteiger partial charge in [0.1, 0.15) is 5.75 Å². The highest BCUT2D eigenvalue weighted by atomic mass is 16.5. The maximum atomic E-state index is 11.9. The Balaban J connectivity index is 1.76. The first-order chi connectivity index (χ1) is 10.6. The van der Waals surface area contributed by atoms with Crippen molar-refractivity contribution < 1.29 is 9.53 Å². The monoisotopic (exact) mass is 301 g/mol. The second kappa shape index (κ2) is 8.02. The van der Waals surface area contributed by atoms with Gasteiger partial charge in [0.05, 0.1) is 0 Å². The normalized spacial score (nSPS) is 14.4. The zero-order chi connectivity index (χ0) is 15.9. The molecule has 0 heterocycles. The van der Waals surface area contributed by atoms with Gasteiger partial charge in [0.2, 0.25) is 0 Å². The van der Waals surface area contributed by atoms with Crippen LogP contribution in [0, 0.1) is 20.8 Å². The van der Waals surface area contributed by atoms with Crippen LogP contribution in [-0.4, -0.2) is 19.1 Å². The second-order valence-corrected chi connectivity index (χ2v) is 6.15. The van der Waals surface area contributed by atoms with Crippen molar-refractivity contribution >= 4 is 5.91 Å². The zero-order valence-corrected chi connectivity index (χ0v) is 14.0. The lowest BCUT2D eigenvalue weighted by Gasteiger charge is -2.15. The van der Waals surface area contributed by atoms with Crippen LogP contribution >= 0.6 is 0 Å². The molecule has 0 aromatic heterocycles. The van der Waals surface area contributed by atoms with E-state index >= 15 is 0 Å². The molecule has 3 nitrogen and oxygen atoms in total. The lowest BCUT2D eigenvalue weighted by atomic mass is 9.97. The van der Waals surface area contributed by atoms with E-state index in [0.717, 1.165) is 23.3 Å². The Hall–Kier alpha value is -1.77. The molecule has 0 atom stereocenters. The summed E-state index contributed by atoms with van der Waals surface area (Å²) in [5.74, 6) is 0.793. The van der Waals surface area contributed by atoms with Gasteiger partial charge in [-0.2, -0.15) is 0 Å². The summed E-state index contributed by atoms with van der Waals surface area (Å²) in [4.78, 5) is 11.9. The van der Waals surface area contributed by atoms with Crippen LogP contribution in [-0.2, 0) is 4.79 Å². The number of ether oxygens (including phenoxy) is 1. The molecule has 2 rings (SSSR count). The minimum atomic E-state index is -0.0447. The van der Waals surface area contributed by atoms with Crippen LogP contribution in [0.15, 0.2) is 23.8 Å². The highest BCUT2D eigenvalue weighted by Crippen LogP contribution is 2.25. The summed E-state index contributed by atoms with van der Waals surface area (Å²) < 4.78 is 5.73. The Morgan fingerprint density at radius 1 is 1.18 bits per heavy atom. The average molecular weight is 301 g/mol. The molecule has 1 aromatic carbocycles. The average Bonchev–Trinajstić information content (AvgIpc) is 2.52. The summed E-state index contributed by atoms with van der Waals surface area (Å²) in [7, 11) is 0. The van der Waals surface area contributed by atoms with Crippen LogP contribution in [0.2, 0.25) is 0 Å². The summed E-state index contributed by atoms with van der Waals surface area (Å²) in [6.45, 7) is 6.89. The van der Waals surface area contributed by atoms with E-state index in [1.807, 2.05) is 19.9 Å². The fourth-order valence-electron chi connectivity index (χ4n) is 2.83. The molecule has 1 aliphatic carbocycles. The number of hydrogen-bond acceptors (Lipinski definition) is 2. The first-order valence-corrected chi connectivity index (χ1v) is 8.22. The summed E-state index contributed by atoms with van der Waals surface area (Å²) in [5.41, 5.74) is 4.85. The van der Waals surface area contributed by atoms with Gasteiger partial charge in [0.25, 0.3) is 5.91 Å². The molecule has 22 heavy (non-hydrogen) atoms.